The summed E-state index contributed by atoms with van der Waals surface area (Å²) in [5.74, 6) is 1.88. The van der Waals surface area contributed by atoms with Crippen molar-refractivity contribution in [1.82, 2.24) is 4.90 Å². The Balaban J connectivity index is 1.75. The zero-order valence-corrected chi connectivity index (χ0v) is 7.45. The van der Waals surface area contributed by atoms with Gasteiger partial charge in [-0.25, -0.2) is 0 Å². The molecule has 2 fully saturated rings. The SMILES string of the molecule is NC[C@@H](O)CN1CC2CCC2C1. The molecule has 0 aromatic rings. The summed E-state index contributed by atoms with van der Waals surface area (Å²) in [6.45, 7) is 3.57. The fourth-order valence-electron chi connectivity index (χ4n) is 2.38. The second-order valence-electron chi connectivity index (χ2n) is 4.21. The number of fused-ring (bicyclic) bond motifs is 1. The van der Waals surface area contributed by atoms with E-state index in [4.69, 9.17) is 5.73 Å². The largest absolute Gasteiger partial charge is 0.390 e. The molecule has 0 aromatic carbocycles. The minimum absolute atomic E-state index is 0.317. The normalized spacial score (nSPS) is 37.5. The second kappa shape index (κ2) is 3.32. The van der Waals surface area contributed by atoms with Crippen LogP contribution < -0.4 is 5.73 Å². The molecule has 3 N–H and O–H groups in total. The quantitative estimate of drug-likeness (QED) is 0.608. The van der Waals surface area contributed by atoms with Crippen molar-refractivity contribution in [2.75, 3.05) is 26.2 Å². The van der Waals surface area contributed by atoms with Gasteiger partial charge in [0.05, 0.1) is 6.10 Å². The average Bonchev–Trinajstić information content (AvgIpc) is 2.30. The van der Waals surface area contributed by atoms with E-state index in [1.165, 1.54) is 25.9 Å². The van der Waals surface area contributed by atoms with Crippen molar-refractivity contribution in [2.45, 2.75) is 18.9 Å². The number of rotatable bonds is 3. The Morgan fingerprint density at radius 3 is 2.33 bits per heavy atom. The molecular weight excluding hydrogens is 152 g/mol. The van der Waals surface area contributed by atoms with Gasteiger partial charge in [-0.1, -0.05) is 0 Å². The third-order valence-electron chi connectivity index (χ3n) is 3.30. The highest BCUT2D eigenvalue weighted by Gasteiger charge is 2.39. The summed E-state index contributed by atoms with van der Waals surface area (Å²) in [4.78, 5) is 2.36. The Kier molecular flexibility index (Phi) is 2.35. The van der Waals surface area contributed by atoms with Crippen LogP contribution in [0.5, 0.6) is 0 Å². The summed E-state index contributed by atoms with van der Waals surface area (Å²) in [6, 6.07) is 0. The van der Waals surface area contributed by atoms with Crippen molar-refractivity contribution in [2.24, 2.45) is 17.6 Å². The van der Waals surface area contributed by atoms with Crippen LogP contribution in [0.3, 0.4) is 0 Å². The number of β-amino-alcohol motifs (C(OH)–C–C–N with tert-alkyl or cyclic N) is 1. The lowest BCUT2D eigenvalue weighted by molar-refractivity contribution is 0.130. The molecular formula is C9H18N2O. The minimum atomic E-state index is -0.317. The summed E-state index contributed by atoms with van der Waals surface area (Å²) in [6.07, 6.45) is 2.49. The van der Waals surface area contributed by atoms with Crippen LogP contribution in [-0.2, 0) is 0 Å². The maximum Gasteiger partial charge on any atom is 0.0789 e. The lowest BCUT2D eigenvalue weighted by Gasteiger charge is -2.28. The molecule has 1 heterocycles. The lowest BCUT2D eigenvalue weighted by Crippen LogP contribution is -2.35. The van der Waals surface area contributed by atoms with Crippen LogP contribution in [-0.4, -0.2) is 42.3 Å². The fraction of sp³-hybridized carbons (Fsp3) is 1.00. The van der Waals surface area contributed by atoms with E-state index in [1.54, 1.807) is 0 Å². The van der Waals surface area contributed by atoms with Gasteiger partial charge in [-0.3, -0.25) is 0 Å². The Morgan fingerprint density at radius 1 is 1.33 bits per heavy atom. The molecule has 0 bridgehead atoms. The number of likely N-dealkylation sites (tertiary alicyclic amines) is 1. The molecule has 0 radical (unpaired) electrons. The van der Waals surface area contributed by atoms with Crippen molar-refractivity contribution in [1.29, 1.82) is 0 Å². The Bertz CT molecular complexity index is 151. The van der Waals surface area contributed by atoms with Crippen molar-refractivity contribution >= 4 is 0 Å². The maximum atomic E-state index is 9.34. The van der Waals surface area contributed by atoms with Gasteiger partial charge in [-0.2, -0.15) is 0 Å². The first-order valence-electron chi connectivity index (χ1n) is 4.90. The third-order valence-corrected chi connectivity index (χ3v) is 3.30. The molecule has 0 spiro atoms. The van der Waals surface area contributed by atoms with Crippen LogP contribution in [0, 0.1) is 11.8 Å². The van der Waals surface area contributed by atoms with Crippen LogP contribution >= 0.6 is 0 Å². The highest BCUT2D eigenvalue weighted by atomic mass is 16.3. The first kappa shape index (κ1) is 8.48. The van der Waals surface area contributed by atoms with Crippen LogP contribution in [0.2, 0.25) is 0 Å². The average molecular weight is 170 g/mol. The van der Waals surface area contributed by atoms with Crippen LogP contribution in [0.25, 0.3) is 0 Å². The van der Waals surface area contributed by atoms with Crippen LogP contribution in [0.15, 0.2) is 0 Å². The summed E-state index contributed by atoms with van der Waals surface area (Å²) in [7, 11) is 0. The first-order chi connectivity index (χ1) is 5.79. The van der Waals surface area contributed by atoms with Gasteiger partial charge in [0.1, 0.15) is 0 Å². The number of hydrogen-bond donors (Lipinski definition) is 2. The number of aliphatic hydroxyl groups is 1. The van der Waals surface area contributed by atoms with Crippen molar-refractivity contribution < 1.29 is 5.11 Å². The van der Waals surface area contributed by atoms with Crippen LogP contribution in [0.1, 0.15) is 12.8 Å². The highest BCUT2D eigenvalue weighted by molar-refractivity contribution is 4.91. The van der Waals surface area contributed by atoms with Gasteiger partial charge >= 0.3 is 0 Å². The van der Waals surface area contributed by atoms with E-state index in [-0.39, 0.29) is 6.10 Å². The number of hydrogen-bond acceptors (Lipinski definition) is 3. The first-order valence-corrected chi connectivity index (χ1v) is 4.90. The van der Waals surface area contributed by atoms with Crippen molar-refractivity contribution in [3.63, 3.8) is 0 Å². The Morgan fingerprint density at radius 2 is 1.92 bits per heavy atom. The molecule has 0 aromatic heterocycles. The molecule has 70 valence electrons. The van der Waals surface area contributed by atoms with E-state index in [0.717, 1.165) is 18.4 Å². The standard InChI is InChI=1S/C9H18N2O/c10-3-9(12)6-11-4-7-1-2-8(7)5-11/h7-9,12H,1-6,10H2/t7?,8?,9-/m1/s1. The number of nitrogens with zero attached hydrogens (tertiary/aromatic N) is 1. The number of aliphatic hydroxyl groups excluding tert-OH is 1. The minimum Gasteiger partial charge on any atom is -0.390 e. The second-order valence-corrected chi connectivity index (χ2v) is 4.21. The van der Waals surface area contributed by atoms with Crippen LogP contribution in [0.4, 0.5) is 0 Å². The van der Waals surface area contributed by atoms with E-state index in [2.05, 4.69) is 4.90 Å². The Hall–Kier alpha value is -0.120. The van der Waals surface area contributed by atoms with Gasteiger partial charge in [0, 0.05) is 26.2 Å². The van der Waals surface area contributed by atoms with Gasteiger partial charge in [-0.15, -0.1) is 0 Å². The van der Waals surface area contributed by atoms with E-state index in [9.17, 15) is 5.11 Å². The molecule has 12 heavy (non-hydrogen) atoms. The highest BCUT2D eigenvalue weighted by Crippen LogP contribution is 2.40. The molecule has 3 heteroatoms. The molecule has 2 rings (SSSR count). The van der Waals surface area contributed by atoms with E-state index < -0.39 is 0 Å². The predicted molar refractivity (Wildman–Crippen MR) is 47.7 cm³/mol. The molecule has 2 aliphatic rings. The van der Waals surface area contributed by atoms with Gasteiger partial charge in [0.15, 0.2) is 0 Å². The molecule has 1 saturated carbocycles. The van der Waals surface area contributed by atoms with Crippen molar-refractivity contribution in [3.8, 4) is 0 Å². The van der Waals surface area contributed by atoms with Gasteiger partial charge in [0.25, 0.3) is 0 Å². The molecule has 1 aliphatic carbocycles. The zero-order valence-electron chi connectivity index (χ0n) is 7.45. The zero-order chi connectivity index (χ0) is 8.55. The van der Waals surface area contributed by atoms with Gasteiger partial charge < -0.3 is 15.7 Å². The third kappa shape index (κ3) is 1.49. The predicted octanol–water partition coefficient (Wildman–Crippen LogP) is -0.352. The number of nitrogens with two attached hydrogens (primary N) is 1. The Labute approximate surface area is 73.5 Å². The molecule has 0 amide bonds. The molecule has 2 unspecified atom stereocenters. The topological polar surface area (TPSA) is 49.5 Å². The summed E-state index contributed by atoms with van der Waals surface area (Å²) >= 11 is 0. The lowest BCUT2D eigenvalue weighted by atomic mass is 9.77. The molecule has 3 nitrogen and oxygen atoms in total. The van der Waals surface area contributed by atoms with Gasteiger partial charge in [-0.05, 0) is 24.7 Å². The summed E-state index contributed by atoms with van der Waals surface area (Å²) < 4.78 is 0. The molecule has 1 saturated heterocycles. The molecule has 1 aliphatic heterocycles. The maximum absolute atomic E-state index is 9.34. The molecule has 3 atom stereocenters. The van der Waals surface area contributed by atoms with E-state index in [1.807, 2.05) is 0 Å². The monoisotopic (exact) mass is 170 g/mol. The summed E-state index contributed by atoms with van der Waals surface area (Å²) in [5, 5.41) is 9.34. The smallest absolute Gasteiger partial charge is 0.0789 e. The fourth-order valence-corrected chi connectivity index (χ4v) is 2.38. The van der Waals surface area contributed by atoms with E-state index >= 15 is 0 Å². The van der Waals surface area contributed by atoms with E-state index in [0.29, 0.717) is 6.54 Å². The van der Waals surface area contributed by atoms with Crippen molar-refractivity contribution in [3.05, 3.63) is 0 Å². The van der Waals surface area contributed by atoms with Gasteiger partial charge in [0.2, 0.25) is 0 Å². The summed E-state index contributed by atoms with van der Waals surface area (Å²) in [5.41, 5.74) is 5.36.